The number of pyridine rings is 1. The number of aromatic nitrogens is 1. The van der Waals surface area contributed by atoms with Gasteiger partial charge < -0.3 is 4.18 Å². The van der Waals surface area contributed by atoms with Gasteiger partial charge in [-0.3, -0.25) is 4.98 Å². The van der Waals surface area contributed by atoms with Gasteiger partial charge in [0.2, 0.25) is 34.8 Å². The van der Waals surface area contributed by atoms with Crippen molar-refractivity contribution in [1.29, 1.82) is 0 Å². The van der Waals surface area contributed by atoms with E-state index >= 15 is 0 Å². The molecule has 1 aromatic heterocycles. The number of halogens is 7. The molecule has 3 rings (SSSR count). The minimum atomic E-state index is -5.33. The van der Waals surface area contributed by atoms with Gasteiger partial charge in [0.1, 0.15) is 10.7 Å². The maximum Gasteiger partial charge on any atom is 0.342 e. The molecule has 2 aromatic carbocycles. The number of fused-ring (bicyclic) bond motifs is 1. The topological polar surface area (TPSA) is 56.3 Å². The number of hydrogen-bond acceptors (Lipinski definition) is 4. The first kappa shape index (κ1) is 19.2. The van der Waals surface area contributed by atoms with Gasteiger partial charge in [0.05, 0.1) is 10.5 Å². The largest absolute Gasteiger partial charge is 0.372 e. The zero-order valence-electron chi connectivity index (χ0n) is 12.5. The molecule has 0 spiro atoms. The molecule has 0 radical (unpaired) electrons. The van der Waals surface area contributed by atoms with E-state index in [4.69, 9.17) is 11.6 Å². The summed E-state index contributed by atoms with van der Waals surface area (Å²) in [6.45, 7) is 0. The van der Waals surface area contributed by atoms with Crippen LogP contribution in [0.3, 0.4) is 0 Å². The Morgan fingerprint density at radius 2 is 1.44 bits per heavy atom. The summed E-state index contributed by atoms with van der Waals surface area (Å²) in [5.74, 6) is -16.0. The third-order valence-corrected chi connectivity index (χ3v) is 4.94. The summed E-state index contributed by atoms with van der Waals surface area (Å²) in [6.07, 6.45) is 1.17. The van der Waals surface area contributed by atoms with E-state index in [1.807, 2.05) is 0 Å². The van der Waals surface area contributed by atoms with Crippen LogP contribution in [0, 0.1) is 34.9 Å². The van der Waals surface area contributed by atoms with Crippen LogP contribution in [0.25, 0.3) is 10.9 Å². The van der Waals surface area contributed by atoms with Crippen molar-refractivity contribution < 1.29 is 38.9 Å². The predicted molar refractivity (Wildman–Crippen MR) is 80.8 cm³/mol. The summed E-state index contributed by atoms with van der Waals surface area (Å²) in [5, 5.41) is 0.0513. The quantitative estimate of drug-likeness (QED) is 0.267. The second-order valence-electron chi connectivity index (χ2n) is 5.03. The standard InChI is InChI=1S/C15H4ClF6NO3S/c16-6-1-2-23-8-4-9(7(17)3-5(6)8)27(24,25)26-15-13(21)11(19)10(18)12(20)14(15)22/h1-4H. The third-order valence-electron chi connectivity index (χ3n) is 3.37. The normalized spacial score (nSPS) is 11.8. The minimum Gasteiger partial charge on any atom is -0.372 e. The smallest absolute Gasteiger partial charge is 0.342 e. The number of hydrogen-bond donors (Lipinski definition) is 0. The van der Waals surface area contributed by atoms with Crippen molar-refractivity contribution >= 4 is 32.6 Å². The van der Waals surface area contributed by atoms with Crippen molar-refractivity contribution in [3.8, 4) is 5.75 Å². The molecule has 12 heteroatoms. The monoisotopic (exact) mass is 427 g/mol. The number of benzene rings is 2. The number of nitrogens with zero attached hydrogens (tertiary/aromatic N) is 1. The molecule has 0 amide bonds. The lowest BCUT2D eigenvalue weighted by Gasteiger charge is -2.11. The fraction of sp³-hybridized carbons (Fsp3) is 0. The molecule has 27 heavy (non-hydrogen) atoms. The van der Waals surface area contributed by atoms with Crippen molar-refractivity contribution in [1.82, 2.24) is 4.98 Å². The summed E-state index contributed by atoms with van der Waals surface area (Å²) < 4.78 is 109. The highest BCUT2D eigenvalue weighted by molar-refractivity contribution is 7.87. The Hall–Kier alpha value is -2.53. The van der Waals surface area contributed by atoms with Crippen LogP contribution in [0.5, 0.6) is 5.75 Å². The molecule has 0 fully saturated rings. The molecule has 0 aliphatic rings. The lowest BCUT2D eigenvalue weighted by Crippen LogP contribution is -2.15. The molecule has 0 bridgehead atoms. The van der Waals surface area contributed by atoms with E-state index in [0.717, 1.165) is 0 Å². The molecule has 3 aromatic rings. The van der Waals surface area contributed by atoms with E-state index in [0.29, 0.717) is 12.1 Å². The van der Waals surface area contributed by atoms with Crippen molar-refractivity contribution in [3.63, 3.8) is 0 Å². The Morgan fingerprint density at radius 1 is 0.889 bits per heavy atom. The van der Waals surface area contributed by atoms with Gasteiger partial charge in [-0.1, -0.05) is 11.6 Å². The lowest BCUT2D eigenvalue weighted by atomic mass is 10.2. The van der Waals surface area contributed by atoms with Gasteiger partial charge in [-0.05, 0) is 18.2 Å². The van der Waals surface area contributed by atoms with Gasteiger partial charge in [0.25, 0.3) is 0 Å². The summed E-state index contributed by atoms with van der Waals surface area (Å²) in [5.41, 5.74) is -0.122. The third kappa shape index (κ3) is 3.16. The molecule has 142 valence electrons. The van der Waals surface area contributed by atoms with E-state index in [-0.39, 0.29) is 15.9 Å². The van der Waals surface area contributed by atoms with Crippen LogP contribution in [-0.4, -0.2) is 13.4 Å². The summed E-state index contributed by atoms with van der Waals surface area (Å²) >= 11 is 5.81. The van der Waals surface area contributed by atoms with Gasteiger partial charge in [0, 0.05) is 11.6 Å². The first-order valence-electron chi connectivity index (χ1n) is 6.74. The van der Waals surface area contributed by atoms with Crippen molar-refractivity contribution in [3.05, 3.63) is 64.3 Å². The van der Waals surface area contributed by atoms with Crippen molar-refractivity contribution in [2.24, 2.45) is 0 Å². The van der Waals surface area contributed by atoms with Gasteiger partial charge in [-0.25, -0.2) is 17.6 Å². The maximum atomic E-state index is 14.2. The average molecular weight is 428 g/mol. The second kappa shape index (κ2) is 6.57. The van der Waals surface area contributed by atoms with Gasteiger partial charge in [-0.2, -0.15) is 17.2 Å². The molecule has 0 atom stereocenters. The number of rotatable bonds is 3. The van der Waals surface area contributed by atoms with E-state index in [1.54, 1.807) is 0 Å². The Kier molecular flexibility index (Phi) is 4.68. The van der Waals surface area contributed by atoms with Crippen LogP contribution in [0.2, 0.25) is 5.02 Å². The van der Waals surface area contributed by atoms with Crippen LogP contribution in [0.4, 0.5) is 26.3 Å². The maximum absolute atomic E-state index is 14.2. The molecule has 0 saturated heterocycles. The molecule has 0 N–H and O–H groups in total. The molecule has 0 saturated carbocycles. The first-order chi connectivity index (χ1) is 12.5. The molecule has 0 aliphatic carbocycles. The lowest BCUT2D eigenvalue weighted by molar-refractivity contribution is 0.346. The highest BCUT2D eigenvalue weighted by atomic mass is 35.5. The molecule has 0 unspecified atom stereocenters. The van der Waals surface area contributed by atoms with Crippen LogP contribution in [0.1, 0.15) is 0 Å². The summed E-state index contributed by atoms with van der Waals surface area (Å²) in [6, 6.07) is 2.60. The molecular weight excluding hydrogens is 424 g/mol. The van der Waals surface area contributed by atoms with Crippen LogP contribution in [-0.2, 0) is 10.1 Å². The van der Waals surface area contributed by atoms with Gasteiger partial charge >= 0.3 is 10.1 Å². The van der Waals surface area contributed by atoms with Crippen LogP contribution < -0.4 is 4.18 Å². The van der Waals surface area contributed by atoms with Gasteiger partial charge in [-0.15, -0.1) is 0 Å². The van der Waals surface area contributed by atoms with E-state index < -0.39 is 55.7 Å². The second-order valence-corrected chi connectivity index (χ2v) is 6.95. The Morgan fingerprint density at radius 3 is 2.04 bits per heavy atom. The van der Waals surface area contributed by atoms with Gasteiger partial charge in [0.15, 0.2) is 0 Å². The summed E-state index contributed by atoms with van der Waals surface area (Å²) in [7, 11) is -5.33. The fourth-order valence-corrected chi connectivity index (χ4v) is 3.33. The Bertz CT molecular complexity index is 1170. The predicted octanol–water partition coefficient (Wildman–Crippen LogP) is 4.49. The Labute approximate surface area is 152 Å². The highest BCUT2D eigenvalue weighted by Gasteiger charge is 2.32. The molecular formula is C15H4ClF6NO3S. The minimum absolute atomic E-state index is 0.0202. The SMILES string of the molecule is O=S(=O)(Oc1c(F)c(F)c(F)c(F)c1F)c1cc2nccc(Cl)c2cc1F. The molecule has 1 heterocycles. The first-order valence-corrected chi connectivity index (χ1v) is 8.53. The highest BCUT2D eigenvalue weighted by Crippen LogP contribution is 2.33. The fourth-order valence-electron chi connectivity index (χ4n) is 2.12. The van der Waals surface area contributed by atoms with E-state index in [2.05, 4.69) is 9.17 Å². The van der Waals surface area contributed by atoms with Crippen molar-refractivity contribution in [2.75, 3.05) is 0 Å². The van der Waals surface area contributed by atoms with Crippen LogP contribution in [0.15, 0.2) is 29.3 Å². The van der Waals surface area contributed by atoms with E-state index in [1.165, 1.54) is 12.3 Å². The zero-order valence-corrected chi connectivity index (χ0v) is 14.1. The molecule has 0 aliphatic heterocycles. The average Bonchev–Trinajstić information content (AvgIpc) is 2.62. The zero-order chi connectivity index (χ0) is 20.1. The van der Waals surface area contributed by atoms with E-state index in [9.17, 15) is 34.8 Å². The Balaban J connectivity index is 2.17. The molecule has 4 nitrogen and oxygen atoms in total. The van der Waals surface area contributed by atoms with Crippen LogP contribution >= 0.6 is 11.6 Å². The van der Waals surface area contributed by atoms with Crippen molar-refractivity contribution in [2.45, 2.75) is 4.90 Å². The summed E-state index contributed by atoms with van der Waals surface area (Å²) in [4.78, 5) is 2.51.